The van der Waals surface area contributed by atoms with E-state index in [1.165, 1.54) is 18.2 Å². The first-order valence-corrected chi connectivity index (χ1v) is 12.2. The minimum absolute atomic E-state index is 0.0484. The molecule has 0 spiro atoms. The molecule has 10 nitrogen and oxygen atoms in total. The maximum absolute atomic E-state index is 10.4. The van der Waals surface area contributed by atoms with Gasteiger partial charge in [0, 0.05) is 0 Å². The van der Waals surface area contributed by atoms with Crippen LogP contribution in [0.15, 0.2) is 36.9 Å². The molecule has 3 aromatic rings. The molecule has 5 rings (SSSR count). The van der Waals surface area contributed by atoms with E-state index in [-0.39, 0.29) is 12.1 Å². The zero-order chi connectivity index (χ0) is 24.5. The lowest BCUT2D eigenvalue weighted by atomic mass is 10.0. The first kappa shape index (κ1) is 24.1. The maximum Gasteiger partial charge on any atom is 0.167 e. The lowest BCUT2D eigenvalue weighted by molar-refractivity contribution is -0.0511. The molecule has 2 aromatic heterocycles. The molecule has 0 amide bonds. The lowest BCUT2D eigenvalue weighted by Crippen LogP contribution is -2.33. The minimum atomic E-state index is -1.21. The molecule has 2 aliphatic rings. The Morgan fingerprint density at radius 2 is 1.91 bits per heavy atom. The average molecular weight is 484 g/mol. The third-order valence-corrected chi connectivity index (χ3v) is 7.04. The summed E-state index contributed by atoms with van der Waals surface area (Å²) in [5.41, 5.74) is 3.48. The molecular formula is C25H33N5O5. The van der Waals surface area contributed by atoms with E-state index in [0.29, 0.717) is 29.5 Å². The van der Waals surface area contributed by atoms with Gasteiger partial charge in [-0.2, -0.15) is 0 Å². The van der Waals surface area contributed by atoms with Crippen LogP contribution in [0.3, 0.4) is 0 Å². The SMILES string of the molecule is CC(C)c1ccc(CO[C@@H]2CCC[C@H]2Nc2ncnc3c2ncn3[C@@H]2OC(CO)[C@@H](O)[C@H]2O)cc1. The Hall–Kier alpha value is -2.63. The normalized spacial score (nSPS) is 28.9. The molecule has 10 heteroatoms. The van der Waals surface area contributed by atoms with E-state index >= 15 is 0 Å². The van der Waals surface area contributed by atoms with Crippen LogP contribution in [0.1, 0.15) is 56.4 Å². The summed E-state index contributed by atoms with van der Waals surface area (Å²) in [5, 5.41) is 33.4. The maximum atomic E-state index is 10.4. The largest absolute Gasteiger partial charge is 0.394 e. The van der Waals surface area contributed by atoms with Gasteiger partial charge in [-0.1, -0.05) is 38.1 Å². The van der Waals surface area contributed by atoms with E-state index in [1.807, 2.05) is 0 Å². The third kappa shape index (κ3) is 4.76. The van der Waals surface area contributed by atoms with E-state index in [2.05, 4.69) is 58.4 Å². The summed E-state index contributed by atoms with van der Waals surface area (Å²) in [5.74, 6) is 1.09. The van der Waals surface area contributed by atoms with Gasteiger partial charge in [0.05, 0.1) is 31.7 Å². The van der Waals surface area contributed by atoms with Gasteiger partial charge in [-0.25, -0.2) is 15.0 Å². The molecule has 6 atom stereocenters. The van der Waals surface area contributed by atoms with Gasteiger partial charge in [-0.15, -0.1) is 0 Å². The fourth-order valence-electron chi connectivity index (χ4n) is 4.92. The van der Waals surface area contributed by atoms with Crippen LogP contribution in [0.4, 0.5) is 5.82 Å². The molecule has 2 fully saturated rings. The van der Waals surface area contributed by atoms with E-state index in [9.17, 15) is 15.3 Å². The topological polar surface area (TPSA) is 135 Å². The number of rotatable bonds is 8. The summed E-state index contributed by atoms with van der Waals surface area (Å²) >= 11 is 0. The third-order valence-electron chi connectivity index (χ3n) is 7.04. The molecule has 1 aliphatic carbocycles. The van der Waals surface area contributed by atoms with Crippen LogP contribution in [0.2, 0.25) is 0 Å². The Labute approximate surface area is 204 Å². The lowest BCUT2D eigenvalue weighted by Gasteiger charge is -2.22. The molecule has 1 saturated carbocycles. The zero-order valence-electron chi connectivity index (χ0n) is 20.0. The van der Waals surface area contributed by atoms with Gasteiger partial charge in [0.25, 0.3) is 0 Å². The van der Waals surface area contributed by atoms with Crippen molar-refractivity contribution in [2.75, 3.05) is 11.9 Å². The summed E-state index contributed by atoms with van der Waals surface area (Å²) in [6.45, 7) is 4.53. The molecule has 35 heavy (non-hydrogen) atoms. The van der Waals surface area contributed by atoms with E-state index < -0.39 is 31.1 Å². The predicted molar refractivity (Wildman–Crippen MR) is 129 cm³/mol. The van der Waals surface area contributed by atoms with Gasteiger partial charge in [-0.3, -0.25) is 4.57 Å². The van der Waals surface area contributed by atoms with Crippen molar-refractivity contribution in [3.8, 4) is 0 Å². The zero-order valence-corrected chi connectivity index (χ0v) is 20.0. The second-order valence-electron chi connectivity index (χ2n) is 9.70. The average Bonchev–Trinajstić information content (AvgIpc) is 3.57. The Morgan fingerprint density at radius 3 is 2.63 bits per heavy atom. The van der Waals surface area contributed by atoms with Crippen molar-refractivity contribution in [1.29, 1.82) is 0 Å². The second kappa shape index (κ2) is 10.2. The summed E-state index contributed by atoms with van der Waals surface area (Å²) in [6.07, 6.45) is 1.79. The highest BCUT2D eigenvalue weighted by atomic mass is 16.6. The number of anilines is 1. The second-order valence-corrected chi connectivity index (χ2v) is 9.70. The Bertz CT molecular complexity index is 1140. The summed E-state index contributed by atoms with van der Waals surface area (Å²) in [4.78, 5) is 13.2. The first-order chi connectivity index (χ1) is 17.0. The Balaban J connectivity index is 1.28. The fraction of sp³-hybridized carbons (Fsp3) is 0.560. The molecular weight excluding hydrogens is 450 g/mol. The monoisotopic (exact) mass is 483 g/mol. The molecule has 0 radical (unpaired) electrons. The number of nitrogens with one attached hydrogen (secondary N) is 1. The number of nitrogens with zero attached hydrogens (tertiary/aromatic N) is 4. The van der Waals surface area contributed by atoms with Gasteiger partial charge >= 0.3 is 0 Å². The molecule has 4 N–H and O–H groups in total. The predicted octanol–water partition coefficient (Wildman–Crippen LogP) is 2.11. The van der Waals surface area contributed by atoms with E-state index in [4.69, 9.17) is 9.47 Å². The number of hydrogen-bond acceptors (Lipinski definition) is 9. The summed E-state index contributed by atoms with van der Waals surface area (Å²) in [7, 11) is 0. The number of aliphatic hydroxyl groups is 3. The number of aliphatic hydroxyl groups excluding tert-OH is 3. The van der Waals surface area contributed by atoms with Gasteiger partial charge in [0.2, 0.25) is 0 Å². The quantitative estimate of drug-likeness (QED) is 0.380. The molecule has 3 heterocycles. The highest BCUT2D eigenvalue weighted by Crippen LogP contribution is 2.33. The van der Waals surface area contributed by atoms with E-state index in [1.54, 1.807) is 4.57 Å². The number of ether oxygens (including phenoxy) is 2. The summed E-state index contributed by atoms with van der Waals surface area (Å²) in [6, 6.07) is 8.67. The highest BCUT2D eigenvalue weighted by Gasteiger charge is 2.44. The van der Waals surface area contributed by atoms with Crippen LogP contribution in [0.25, 0.3) is 11.2 Å². The van der Waals surface area contributed by atoms with Crippen molar-refractivity contribution in [2.24, 2.45) is 0 Å². The first-order valence-electron chi connectivity index (χ1n) is 12.2. The Morgan fingerprint density at radius 1 is 1.11 bits per heavy atom. The smallest absolute Gasteiger partial charge is 0.167 e. The van der Waals surface area contributed by atoms with Crippen LogP contribution < -0.4 is 5.32 Å². The van der Waals surface area contributed by atoms with Crippen LogP contribution >= 0.6 is 0 Å². The van der Waals surface area contributed by atoms with Crippen LogP contribution in [-0.2, 0) is 16.1 Å². The molecule has 1 aliphatic heterocycles. The van der Waals surface area contributed by atoms with E-state index in [0.717, 1.165) is 24.8 Å². The molecule has 1 aromatic carbocycles. The van der Waals surface area contributed by atoms with Gasteiger partial charge in [-0.05, 0) is 36.3 Å². The van der Waals surface area contributed by atoms with Gasteiger partial charge in [0.1, 0.15) is 24.6 Å². The van der Waals surface area contributed by atoms with Crippen molar-refractivity contribution < 1.29 is 24.8 Å². The highest BCUT2D eigenvalue weighted by molar-refractivity contribution is 5.82. The van der Waals surface area contributed by atoms with Crippen LogP contribution in [-0.4, -0.2) is 71.9 Å². The van der Waals surface area contributed by atoms with Crippen LogP contribution in [0, 0.1) is 0 Å². The fourth-order valence-corrected chi connectivity index (χ4v) is 4.92. The van der Waals surface area contributed by atoms with Gasteiger partial charge in [0.15, 0.2) is 23.2 Å². The van der Waals surface area contributed by atoms with Crippen molar-refractivity contribution in [3.05, 3.63) is 48.0 Å². The molecule has 1 saturated heterocycles. The van der Waals surface area contributed by atoms with Crippen LogP contribution in [0.5, 0.6) is 0 Å². The standard InChI is InChI=1S/C25H33N5O5/c1-14(2)16-8-6-15(7-9-16)11-34-18-5-3-4-17(18)29-23-20-24(27-12-26-23)30(13-28-20)25-22(33)21(32)19(10-31)35-25/h6-9,12-14,17-19,21-22,25,31-33H,3-5,10-11H2,1-2H3,(H,26,27,29)/t17-,18-,19?,21-,22-,25-/m1/s1. The minimum Gasteiger partial charge on any atom is -0.394 e. The van der Waals surface area contributed by atoms with Crippen molar-refractivity contribution in [2.45, 2.75) is 82.3 Å². The van der Waals surface area contributed by atoms with Crippen molar-refractivity contribution in [3.63, 3.8) is 0 Å². The van der Waals surface area contributed by atoms with Gasteiger partial charge < -0.3 is 30.1 Å². The molecule has 0 bridgehead atoms. The summed E-state index contributed by atoms with van der Waals surface area (Å²) < 4.78 is 13.5. The Kier molecular flexibility index (Phi) is 6.99. The number of hydrogen-bond donors (Lipinski definition) is 4. The number of fused-ring (bicyclic) bond motifs is 1. The number of imidazole rings is 1. The van der Waals surface area contributed by atoms with Crippen molar-refractivity contribution in [1.82, 2.24) is 19.5 Å². The van der Waals surface area contributed by atoms with Crippen molar-refractivity contribution >= 4 is 17.0 Å². The molecule has 188 valence electrons. The molecule has 1 unspecified atom stereocenters. The number of aromatic nitrogens is 4. The number of benzene rings is 1.